The van der Waals surface area contributed by atoms with E-state index in [0.29, 0.717) is 0 Å². The van der Waals surface area contributed by atoms with Crippen molar-refractivity contribution < 1.29 is 14.7 Å². The molecule has 1 rings (SSSR count). The maximum atomic E-state index is 11.3. The number of carbonyl (C=O) groups is 2. The van der Waals surface area contributed by atoms with Gasteiger partial charge in [-0.25, -0.2) is 0 Å². The highest BCUT2D eigenvalue weighted by molar-refractivity contribution is 6.54. The lowest BCUT2D eigenvalue weighted by atomic mass is 10.1. The topological polar surface area (TPSA) is 54.4 Å². The van der Waals surface area contributed by atoms with Crippen LogP contribution in [-0.4, -0.2) is 21.7 Å². The van der Waals surface area contributed by atoms with Crippen LogP contribution in [0.4, 0.5) is 0 Å². The van der Waals surface area contributed by atoms with Crippen LogP contribution in [0.3, 0.4) is 0 Å². The quantitative estimate of drug-likeness (QED) is 0.744. The number of aliphatic carboxylic acids is 1. The Bertz CT molecular complexity index is 260. The van der Waals surface area contributed by atoms with Crippen LogP contribution in [0.15, 0.2) is 0 Å². The van der Waals surface area contributed by atoms with Crippen molar-refractivity contribution >= 4 is 35.0 Å². The van der Waals surface area contributed by atoms with E-state index in [9.17, 15) is 9.59 Å². The van der Waals surface area contributed by atoms with Gasteiger partial charge in [-0.1, -0.05) is 37.0 Å². The fourth-order valence-corrected chi connectivity index (χ4v) is 2.04. The molecule has 0 amide bonds. The van der Waals surface area contributed by atoms with Crippen LogP contribution >= 0.6 is 23.2 Å². The molecule has 1 N–H and O–H groups in total. The maximum absolute atomic E-state index is 11.3. The van der Waals surface area contributed by atoms with Crippen LogP contribution in [0.1, 0.15) is 13.8 Å². The Morgan fingerprint density at radius 3 is 2.00 bits per heavy atom. The van der Waals surface area contributed by atoms with Crippen molar-refractivity contribution in [3.8, 4) is 0 Å². The molecule has 0 aromatic carbocycles. The lowest BCUT2D eigenvalue weighted by molar-refractivity contribution is -0.140. The van der Waals surface area contributed by atoms with Gasteiger partial charge in [-0.15, -0.1) is 0 Å². The predicted molar refractivity (Wildman–Crippen MR) is 48.9 cm³/mol. The van der Waals surface area contributed by atoms with Crippen molar-refractivity contribution in [2.75, 3.05) is 0 Å². The normalized spacial score (nSPS) is 30.2. The molecule has 0 unspecified atom stereocenters. The summed E-state index contributed by atoms with van der Waals surface area (Å²) in [4.78, 5) is 20.9. The van der Waals surface area contributed by atoms with Crippen LogP contribution in [0.2, 0.25) is 0 Å². The van der Waals surface area contributed by atoms with Gasteiger partial charge >= 0.3 is 5.97 Å². The maximum Gasteiger partial charge on any atom is 0.307 e. The molecule has 1 aliphatic rings. The van der Waals surface area contributed by atoms with E-state index in [1.807, 2.05) is 0 Å². The SMILES string of the molecule is CC1(C)[C@H](C(=O)C(Cl)Cl)[C@@H]1C(=O)O. The van der Waals surface area contributed by atoms with Gasteiger partial charge in [0.2, 0.25) is 0 Å². The lowest BCUT2D eigenvalue weighted by Crippen LogP contribution is -2.14. The number of hydrogen-bond donors (Lipinski definition) is 1. The molecule has 1 aliphatic carbocycles. The monoisotopic (exact) mass is 224 g/mol. The zero-order valence-corrected chi connectivity index (χ0v) is 8.76. The molecule has 1 fully saturated rings. The molecule has 0 aliphatic heterocycles. The average Bonchev–Trinajstić information content (AvgIpc) is 2.51. The first-order valence-corrected chi connectivity index (χ1v) is 4.72. The van der Waals surface area contributed by atoms with Gasteiger partial charge in [-0.2, -0.15) is 0 Å². The molecule has 0 aromatic heterocycles. The second-order valence-electron chi connectivity index (χ2n) is 3.82. The second kappa shape index (κ2) is 3.14. The summed E-state index contributed by atoms with van der Waals surface area (Å²) in [6, 6.07) is 0. The van der Waals surface area contributed by atoms with Gasteiger partial charge in [0.15, 0.2) is 10.6 Å². The van der Waals surface area contributed by atoms with Crippen LogP contribution in [-0.2, 0) is 9.59 Å². The van der Waals surface area contributed by atoms with E-state index in [2.05, 4.69) is 0 Å². The number of rotatable bonds is 3. The number of carbonyl (C=O) groups excluding carboxylic acids is 1. The Kier molecular flexibility index (Phi) is 2.61. The van der Waals surface area contributed by atoms with E-state index >= 15 is 0 Å². The summed E-state index contributed by atoms with van der Waals surface area (Å²) < 4.78 is 0. The van der Waals surface area contributed by atoms with Gasteiger partial charge in [-0.3, -0.25) is 9.59 Å². The minimum atomic E-state index is -1.12. The first-order chi connectivity index (χ1) is 5.80. The molecule has 5 heteroatoms. The van der Waals surface area contributed by atoms with Crippen LogP contribution in [0, 0.1) is 17.3 Å². The third-order valence-corrected chi connectivity index (χ3v) is 3.05. The van der Waals surface area contributed by atoms with Crippen molar-refractivity contribution in [3.05, 3.63) is 0 Å². The van der Waals surface area contributed by atoms with E-state index in [1.165, 1.54) is 0 Å². The highest BCUT2D eigenvalue weighted by atomic mass is 35.5. The summed E-state index contributed by atoms with van der Waals surface area (Å²) >= 11 is 10.8. The van der Waals surface area contributed by atoms with E-state index in [4.69, 9.17) is 28.3 Å². The molecule has 0 heterocycles. The molecule has 0 spiro atoms. The minimum Gasteiger partial charge on any atom is -0.481 e. The first-order valence-electron chi connectivity index (χ1n) is 3.84. The van der Waals surface area contributed by atoms with Gasteiger partial charge in [0.05, 0.1) is 5.92 Å². The Balaban J connectivity index is 2.76. The number of alkyl halides is 2. The molecule has 3 nitrogen and oxygen atoms in total. The molecule has 74 valence electrons. The standard InChI is InChI=1S/C8H10Cl2O3/c1-8(2)3(4(8)7(12)13)5(11)6(9)10/h3-4,6H,1-2H3,(H,12,13)/t3-,4+/m0/s1. The average molecular weight is 225 g/mol. The smallest absolute Gasteiger partial charge is 0.307 e. The van der Waals surface area contributed by atoms with Gasteiger partial charge in [-0.05, 0) is 5.41 Å². The third kappa shape index (κ3) is 1.67. The third-order valence-electron chi connectivity index (χ3n) is 2.62. The van der Waals surface area contributed by atoms with Gasteiger partial charge in [0.25, 0.3) is 0 Å². The highest BCUT2D eigenvalue weighted by Crippen LogP contribution is 2.59. The van der Waals surface area contributed by atoms with E-state index < -0.39 is 28.1 Å². The van der Waals surface area contributed by atoms with Crippen LogP contribution in [0.25, 0.3) is 0 Å². The summed E-state index contributed by atoms with van der Waals surface area (Å²) in [6.45, 7) is 3.45. The number of hydrogen-bond acceptors (Lipinski definition) is 2. The summed E-state index contributed by atoms with van der Waals surface area (Å²) in [7, 11) is 0. The molecule has 0 radical (unpaired) electrons. The zero-order chi connectivity index (χ0) is 10.4. The Labute approximate surface area is 86.0 Å². The molecule has 0 bridgehead atoms. The Hall–Kier alpha value is -0.280. The summed E-state index contributed by atoms with van der Waals surface area (Å²) in [5, 5.41) is 8.75. The van der Waals surface area contributed by atoms with Crippen molar-refractivity contribution in [3.63, 3.8) is 0 Å². The number of Topliss-reactive ketones (excluding diaryl/α,β-unsaturated/α-hetero) is 1. The fourth-order valence-electron chi connectivity index (χ4n) is 1.77. The number of halogens is 2. The molecule has 1 saturated carbocycles. The van der Waals surface area contributed by atoms with E-state index in [-0.39, 0.29) is 5.78 Å². The highest BCUT2D eigenvalue weighted by Gasteiger charge is 2.66. The van der Waals surface area contributed by atoms with Gasteiger partial charge < -0.3 is 5.11 Å². The lowest BCUT2D eigenvalue weighted by Gasteiger charge is -2.00. The Morgan fingerprint density at radius 1 is 1.31 bits per heavy atom. The van der Waals surface area contributed by atoms with Crippen LogP contribution in [0.5, 0.6) is 0 Å². The first kappa shape index (κ1) is 10.8. The van der Waals surface area contributed by atoms with Crippen molar-refractivity contribution in [1.82, 2.24) is 0 Å². The molecule has 0 aromatic rings. The number of carboxylic acids is 1. The molecular weight excluding hydrogens is 215 g/mol. The van der Waals surface area contributed by atoms with Gasteiger partial charge in [0.1, 0.15) is 0 Å². The van der Waals surface area contributed by atoms with Gasteiger partial charge in [0, 0.05) is 5.92 Å². The molecular formula is C8H10Cl2O3. The van der Waals surface area contributed by atoms with E-state index in [1.54, 1.807) is 13.8 Å². The molecule has 13 heavy (non-hydrogen) atoms. The van der Waals surface area contributed by atoms with E-state index in [0.717, 1.165) is 0 Å². The summed E-state index contributed by atoms with van der Waals surface area (Å²) in [5.74, 6) is -2.52. The van der Waals surface area contributed by atoms with Crippen molar-refractivity contribution in [1.29, 1.82) is 0 Å². The molecule has 2 atom stereocenters. The number of ketones is 1. The zero-order valence-electron chi connectivity index (χ0n) is 7.25. The minimum absolute atomic E-state index is 0.388. The summed E-state index contributed by atoms with van der Waals surface area (Å²) in [6.07, 6.45) is 0. The summed E-state index contributed by atoms with van der Waals surface area (Å²) in [5.41, 5.74) is -0.509. The van der Waals surface area contributed by atoms with Crippen LogP contribution < -0.4 is 0 Å². The Morgan fingerprint density at radius 2 is 1.77 bits per heavy atom. The largest absolute Gasteiger partial charge is 0.481 e. The predicted octanol–water partition coefficient (Wildman–Crippen LogP) is 1.72. The van der Waals surface area contributed by atoms with Crippen molar-refractivity contribution in [2.24, 2.45) is 17.3 Å². The number of carboxylic acid groups (broad SMARTS) is 1. The fraction of sp³-hybridized carbons (Fsp3) is 0.750. The second-order valence-corrected chi connectivity index (χ2v) is 4.91. The molecule has 0 saturated heterocycles. The van der Waals surface area contributed by atoms with Crippen molar-refractivity contribution in [2.45, 2.75) is 18.7 Å².